The third-order valence-corrected chi connectivity index (χ3v) is 2.63. The molecule has 0 unspecified atom stereocenters. The van der Waals surface area contributed by atoms with Gasteiger partial charge in [-0.3, -0.25) is 9.59 Å². The van der Waals surface area contributed by atoms with E-state index in [4.69, 9.17) is 21.4 Å². The predicted octanol–water partition coefficient (Wildman–Crippen LogP) is 2.46. The fourth-order valence-electron chi connectivity index (χ4n) is 1.38. The predicted molar refractivity (Wildman–Crippen MR) is 68.2 cm³/mol. The minimum absolute atomic E-state index is 0.0710. The van der Waals surface area contributed by atoms with Gasteiger partial charge in [-0.2, -0.15) is 0 Å². The van der Waals surface area contributed by atoms with E-state index in [1.54, 1.807) is 19.1 Å². The summed E-state index contributed by atoms with van der Waals surface area (Å²) < 4.78 is 5.04. The number of rotatable bonds is 5. The van der Waals surface area contributed by atoms with Crippen LogP contribution in [0.25, 0.3) is 0 Å². The molecule has 0 fully saturated rings. The van der Waals surface area contributed by atoms with Gasteiger partial charge in [0.25, 0.3) is 0 Å². The zero-order valence-electron chi connectivity index (χ0n) is 10.1. The molecule has 0 aliphatic rings. The normalized spacial score (nSPS) is 9.94. The minimum Gasteiger partial charge on any atom is -0.495 e. The number of hydrogen-bond acceptors (Lipinski definition) is 3. The van der Waals surface area contributed by atoms with E-state index in [2.05, 4.69) is 5.32 Å². The standard InChI is InChI=1S/C12H14ClNO4/c1-7-5-10(18-2)8(13)6-9(7)14-11(15)3-4-12(16)17/h5-6H,3-4H2,1-2H3,(H,14,15)(H,16,17). The van der Waals surface area contributed by atoms with Crippen molar-refractivity contribution in [2.24, 2.45) is 0 Å². The van der Waals surface area contributed by atoms with Gasteiger partial charge in [0, 0.05) is 12.1 Å². The number of benzene rings is 1. The molecule has 0 aromatic heterocycles. The molecule has 5 nitrogen and oxygen atoms in total. The van der Waals surface area contributed by atoms with Gasteiger partial charge >= 0.3 is 5.97 Å². The Bertz CT molecular complexity index is 473. The third kappa shape index (κ3) is 3.92. The fraction of sp³-hybridized carbons (Fsp3) is 0.333. The number of hydrogen-bond donors (Lipinski definition) is 2. The lowest BCUT2D eigenvalue weighted by Gasteiger charge is -2.11. The number of aliphatic carboxylic acids is 1. The maximum atomic E-state index is 11.5. The average Bonchev–Trinajstić information content (AvgIpc) is 2.30. The molecule has 0 heterocycles. The van der Waals surface area contributed by atoms with Gasteiger partial charge in [-0.05, 0) is 24.6 Å². The topological polar surface area (TPSA) is 75.6 Å². The van der Waals surface area contributed by atoms with Gasteiger partial charge in [-0.25, -0.2) is 0 Å². The highest BCUT2D eigenvalue weighted by molar-refractivity contribution is 6.32. The lowest BCUT2D eigenvalue weighted by molar-refractivity contribution is -0.138. The molecule has 0 radical (unpaired) electrons. The van der Waals surface area contributed by atoms with Crippen molar-refractivity contribution >= 4 is 29.2 Å². The van der Waals surface area contributed by atoms with E-state index in [1.165, 1.54) is 7.11 Å². The first-order valence-corrected chi connectivity index (χ1v) is 5.67. The molecule has 1 aromatic carbocycles. The molecule has 2 N–H and O–H groups in total. The van der Waals surface area contributed by atoms with Gasteiger partial charge in [0.1, 0.15) is 5.75 Å². The smallest absolute Gasteiger partial charge is 0.303 e. The van der Waals surface area contributed by atoms with Crippen molar-refractivity contribution in [3.63, 3.8) is 0 Å². The van der Waals surface area contributed by atoms with Gasteiger partial charge < -0.3 is 15.2 Å². The summed E-state index contributed by atoms with van der Waals surface area (Å²) in [4.78, 5) is 21.8. The van der Waals surface area contributed by atoms with Crippen LogP contribution in [0.15, 0.2) is 12.1 Å². The molecule has 0 bridgehead atoms. The number of nitrogens with one attached hydrogen (secondary N) is 1. The zero-order valence-corrected chi connectivity index (χ0v) is 10.9. The first-order valence-electron chi connectivity index (χ1n) is 5.30. The molecular formula is C12H14ClNO4. The largest absolute Gasteiger partial charge is 0.495 e. The van der Waals surface area contributed by atoms with E-state index in [9.17, 15) is 9.59 Å². The Morgan fingerprint density at radius 1 is 1.39 bits per heavy atom. The van der Waals surface area contributed by atoms with Crippen LogP contribution in [0, 0.1) is 6.92 Å². The second kappa shape index (κ2) is 6.26. The molecule has 1 rings (SSSR count). The van der Waals surface area contributed by atoms with E-state index < -0.39 is 5.97 Å². The summed E-state index contributed by atoms with van der Waals surface area (Å²) in [5.41, 5.74) is 1.34. The van der Waals surface area contributed by atoms with Crippen molar-refractivity contribution in [2.45, 2.75) is 19.8 Å². The van der Waals surface area contributed by atoms with Crippen LogP contribution >= 0.6 is 11.6 Å². The van der Waals surface area contributed by atoms with E-state index >= 15 is 0 Å². The molecule has 0 saturated carbocycles. The number of anilines is 1. The molecule has 0 spiro atoms. The molecule has 0 atom stereocenters. The maximum absolute atomic E-state index is 11.5. The monoisotopic (exact) mass is 271 g/mol. The second-order valence-corrected chi connectivity index (χ2v) is 4.15. The quantitative estimate of drug-likeness (QED) is 0.862. The number of methoxy groups -OCH3 is 1. The van der Waals surface area contributed by atoms with E-state index in [1.807, 2.05) is 0 Å². The van der Waals surface area contributed by atoms with Gasteiger partial charge in [0.05, 0.1) is 18.6 Å². The SMILES string of the molecule is COc1cc(C)c(NC(=O)CCC(=O)O)cc1Cl. The number of carboxylic acid groups (broad SMARTS) is 1. The van der Waals surface area contributed by atoms with Crippen LogP contribution in [-0.4, -0.2) is 24.1 Å². The Kier molecular flexibility index (Phi) is 4.97. The van der Waals surface area contributed by atoms with Crippen molar-refractivity contribution in [3.05, 3.63) is 22.7 Å². The summed E-state index contributed by atoms with van der Waals surface area (Å²) in [7, 11) is 1.51. The van der Waals surface area contributed by atoms with Gasteiger partial charge in [-0.15, -0.1) is 0 Å². The summed E-state index contributed by atoms with van der Waals surface area (Å²) in [5, 5.41) is 11.5. The number of carbonyl (C=O) groups excluding carboxylic acids is 1. The highest BCUT2D eigenvalue weighted by Gasteiger charge is 2.10. The number of carboxylic acids is 1. The molecule has 18 heavy (non-hydrogen) atoms. The molecule has 1 aromatic rings. The number of halogens is 1. The molecule has 0 saturated heterocycles. The fourth-order valence-corrected chi connectivity index (χ4v) is 1.62. The summed E-state index contributed by atoms with van der Waals surface area (Å²) >= 11 is 5.94. The number of carbonyl (C=O) groups is 2. The van der Waals surface area contributed by atoms with Crippen LogP contribution in [0.1, 0.15) is 18.4 Å². The molecule has 6 heteroatoms. The summed E-state index contributed by atoms with van der Waals surface area (Å²) in [6, 6.07) is 3.28. The average molecular weight is 272 g/mol. The molecule has 98 valence electrons. The first kappa shape index (κ1) is 14.3. The van der Waals surface area contributed by atoms with Crippen LogP contribution < -0.4 is 10.1 Å². The van der Waals surface area contributed by atoms with Crippen molar-refractivity contribution < 1.29 is 19.4 Å². The molecular weight excluding hydrogens is 258 g/mol. The highest BCUT2D eigenvalue weighted by atomic mass is 35.5. The van der Waals surface area contributed by atoms with Gasteiger partial charge in [0.2, 0.25) is 5.91 Å². The van der Waals surface area contributed by atoms with Crippen LogP contribution in [0.2, 0.25) is 5.02 Å². The van der Waals surface area contributed by atoms with Crippen LogP contribution in [0.4, 0.5) is 5.69 Å². The van der Waals surface area contributed by atoms with Crippen molar-refractivity contribution in [1.82, 2.24) is 0 Å². The highest BCUT2D eigenvalue weighted by Crippen LogP contribution is 2.30. The van der Waals surface area contributed by atoms with E-state index in [0.29, 0.717) is 16.5 Å². The second-order valence-electron chi connectivity index (χ2n) is 3.74. The molecule has 0 aliphatic carbocycles. The van der Waals surface area contributed by atoms with Gasteiger partial charge in [-0.1, -0.05) is 11.6 Å². The lowest BCUT2D eigenvalue weighted by Crippen LogP contribution is -2.14. The molecule has 1 amide bonds. The summed E-state index contributed by atoms with van der Waals surface area (Å²) in [5.74, 6) is -0.839. The third-order valence-electron chi connectivity index (χ3n) is 2.34. The van der Waals surface area contributed by atoms with E-state index in [-0.39, 0.29) is 18.7 Å². The summed E-state index contributed by atoms with van der Waals surface area (Å²) in [6.07, 6.45) is -0.271. The lowest BCUT2D eigenvalue weighted by atomic mass is 10.2. The van der Waals surface area contributed by atoms with E-state index in [0.717, 1.165) is 5.56 Å². The van der Waals surface area contributed by atoms with Gasteiger partial charge in [0.15, 0.2) is 0 Å². The Morgan fingerprint density at radius 3 is 2.61 bits per heavy atom. The number of aryl methyl sites for hydroxylation is 1. The van der Waals surface area contributed by atoms with Crippen molar-refractivity contribution in [1.29, 1.82) is 0 Å². The number of ether oxygens (including phenoxy) is 1. The Balaban J connectivity index is 2.76. The van der Waals surface area contributed by atoms with Crippen LogP contribution in [0.5, 0.6) is 5.75 Å². The molecule has 0 aliphatic heterocycles. The Morgan fingerprint density at radius 2 is 2.06 bits per heavy atom. The van der Waals surface area contributed by atoms with Crippen LogP contribution in [-0.2, 0) is 9.59 Å². The van der Waals surface area contributed by atoms with Crippen LogP contribution in [0.3, 0.4) is 0 Å². The maximum Gasteiger partial charge on any atom is 0.303 e. The van der Waals surface area contributed by atoms with Crippen molar-refractivity contribution in [3.8, 4) is 5.75 Å². The first-order chi connectivity index (χ1) is 8.43. The minimum atomic E-state index is -1.00. The Labute approximate surface area is 110 Å². The van der Waals surface area contributed by atoms with Crippen molar-refractivity contribution in [2.75, 3.05) is 12.4 Å². The zero-order chi connectivity index (χ0) is 13.7. The Hall–Kier alpha value is -1.75. The summed E-state index contributed by atoms with van der Waals surface area (Å²) in [6.45, 7) is 1.80. The number of amides is 1.